The van der Waals surface area contributed by atoms with Crippen molar-refractivity contribution >= 4 is 29.3 Å². The van der Waals surface area contributed by atoms with E-state index in [1.807, 2.05) is 62.6 Å². The maximum Gasteiger partial charge on any atom is 0.251 e. The molecule has 8 nitrogen and oxygen atoms in total. The van der Waals surface area contributed by atoms with E-state index >= 15 is 0 Å². The van der Waals surface area contributed by atoms with E-state index in [4.69, 9.17) is 4.74 Å². The number of hydrogen-bond acceptors (Lipinski definition) is 6. The molecule has 0 aliphatic heterocycles. The number of anilines is 1. The van der Waals surface area contributed by atoms with Crippen LogP contribution < -0.4 is 15.4 Å². The van der Waals surface area contributed by atoms with Crippen LogP contribution in [0.1, 0.15) is 47.2 Å². The monoisotopic (exact) mass is 467 g/mol. The molecule has 0 bridgehead atoms. The van der Waals surface area contributed by atoms with Gasteiger partial charge in [0.25, 0.3) is 5.91 Å². The van der Waals surface area contributed by atoms with Crippen molar-refractivity contribution in [3.8, 4) is 5.75 Å². The van der Waals surface area contributed by atoms with Gasteiger partial charge in [0.15, 0.2) is 11.0 Å². The zero-order chi connectivity index (χ0) is 24.0. The van der Waals surface area contributed by atoms with Gasteiger partial charge in [-0.15, -0.1) is 10.2 Å². The van der Waals surface area contributed by atoms with Crippen LogP contribution in [0.2, 0.25) is 0 Å². The molecule has 33 heavy (non-hydrogen) atoms. The number of amides is 2. The molecule has 2 amide bonds. The van der Waals surface area contributed by atoms with Gasteiger partial charge in [0.1, 0.15) is 5.75 Å². The first-order valence-electron chi connectivity index (χ1n) is 10.7. The van der Waals surface area contributed by atoms with E-state index in [-0.39, 0.29) is 23.6 Å². The molecule has 9 heteroatoms. The lowest BCUT2D eigenvalue weighted by molar-refractivity contribution is -0.113. The molecule has 2 N–H and O–H groups in total. The number of ether oxygens (including phenoxy) is 1. The van der Waals surface area contributed by atoms with Crippen LogP contribution in [0, 0.1) is 13.8 Å². The summed E-state index contributed by atoms with van der Waals surface area (Å²) in [6, 6.07) is 12.7. The number of thioether (sulfide) groups is 1. The number of hydrogen-bond donors (Lipinski definition) is 2. The number of aryl methyl sites for hydroxylation is 2. The average Bonchev–Trinajstić information content (AvgIpc) is 3.21. The number of carbonyl (C=O) groups excluding carboxylic acids is 2. The zero-order valence-electron chi connectivity index (χ0n) is 19.5. The van der Waals surface area contributed by atoms with Crippen molar-refractivity contribution in [3.63, 3.8) is 0 Å². The lowest BCUT2D eigenvalue weighted by Gasteiger charge is -2.15. The van der Waals surface area contributed by atoms with Gasteiger partial charge in [0.05, 0.1) is 24.6 Å². The minimum atomic E-state index is -0.342. The summed E-state index contributed by atoms with van der Waals surface area (Å²) in [5.74, 6) is 1.07. The quantitative estimate of drug-likeness (QED) is 0.459. The second-order valence-corrected chi connectivity index (χ2v) is 8.63. The van der Waals surface area contributed by atoms with E-state index in [0.29, 0.717) is 34.5 Å². The Morgan fingerprint density at radius 2 is 1.79 bits per heavy atom. The fraction of sp³-hybridized carbons (Fsp3) is 0.333. The minimum absolute atomic E-state index is 0.166. The molecule has 0 saturated carbocycles. The fourth-order valence-corrected chi connectivity index (χ4v) is 4.12. The largest absolute Gasteiger partial charge is 0.495 e. The highest BCUT2D eigenvalue weighted by Gasteiger charge is 2.20. The summed E-state index contributed by atoms with van der Waals surface area (Å²) in [6.07, 6.45) is 0. The second-order valence-electron chi connectivity index (χ2n) is 7.69. The number of aromatic nitrogens is 3. The molecule has 2 aromatic carbocycles. The summed E-state index contributed by atoms with van der Waals surface area (Å²) >= 11 is 1.30. The van der Waals surface area contributed by atoms with E-state index in [9.17, 15) is 9.59 Å². The molecule has 0 aliphatic rings. The molecular weight excluding hydrogens is 438 g/mol. The van der Waals surface area contributed by atoms with Crippen LogP contribution in [-0.4, -0.2) is 39.4 Å². The Morgan fingerprint density at radius 3 is 2.45 bits per heavy atom. The van der Waals surface area contributed by atoms with Gasteiger partial charge < -0.3 is 19.9 Å². The third-order valence-corrected chi connectivity index (χ3v) is 6.04. The summed E-state index contributed by atoms with van der Waals surface area (Å²) in [5.41, 5.74) is 3.34. The predicted octanol–water partition coefficient (Wildman–Crippen LogP) is 4.15. The van der Waals surface area contributed by atoms with Crippen LogP contribution in [0.25, 0.3) is 0 Å². The number of nitrogens with one attached hydrogen (secondary N) is 2. The van der Waals surface area contributed by atoms with Crippen LogP contribution in [0.5, 0.6) is 5.75 Å². The number of rotatable bonds is 9. The first-order chi connectivity index (χ1) is 15.8. The Hall–Kier alpha value is -3.33. The molecule has 1 aromatic heterocycles. The maximum absolute atomic E-state index is 12.6. The van der Waals surface area contributed by atoms with Gasteiger partial charge >= 0.3 is 0 Å². The van der Waals surface area contributed by atoms with E-state index in [2.05, 4.69) is 20.8 Å². The standard InChI is InChI=1S/C24H29N5O3S/c1-6-29-22(17(4)25-23(31)18-10-7-15(2)8-11-18)27-28-24(29)33-14-21(30)26-19-13-16(3)9-12-20(19)32-5/h7-13,17H,6,14H2,1-5H3,(H,25,31)(H,26,30). The summed E-state index contributed by atoms with van der Waals surface area (Å²) in [4.78, 5) is 25.1. The maximum atomic E-state index is 12.6. The van der Waals surface area contributed by atoms with Gasteiger partial charge in [-0.2, -0.15) is 0 Å². The van der Waals surface area contributed by atoms with E-state index in [1.165, 1.54) is 11.8 Å². The second kappa shape index (κ2) is 11.0. The highest BCUT2D eigenvalue weighted by molar-refractivity contribution is 7.99. The Kier molecular flexibility index (Phi) is 8.11. The molecule has 174 valence electrons. The molecule has 3 aromatic rings. The van der Waals surface area contributed by atoms with Crippen molar-refractivity contribution in [1.82, 2.24) is 20.1 Å². The Morgan fingerprint density at radius 1 is 1.09 bits per heavy atom. The van der Waals surface area contributed by atoms with Gasteiger partial charge in [-0.1, -0.05) is 35.5 Å². The Bertz CT molecular complexity index is 1130. The SMILES string of the molecule is CCn1c(SCC(=O)Nc2cc(C)ccc2OC)nnc1C(C)NC(=O)c1ccc(C)cc1. The van der Waals surface area contributed by atoms with Crippen LogP contribution >= 0.6 is 11.8 Å². The van der Waals surface area contributed by atoms with Gasteiger partial charge in [0.2, 0.25) is 5.91 Å². The molecule has 0 saturated heterocycles. The number of carbonyl (C=O) groups is 2. The summed E-state index contributed by atoms with van der Waals surface area (Å²) in [7, 11) is 1.57. The van der Waals surface area contributed by atoms with Crippen molar-refractivity contribution in [2.24, 2.45) is 0 Å². The molecule has 0 radical (unpaired) electrons. The van der Waals surface area contributed by atoms with Crippen molar-refractivity contribution < 1.29 is 14.3 Å². The normalized spacial score (nSPS) is 11.7. The molecule has 0 spiro atoms. The summed E-state index contributed by atoms with van der Waals surface area (Å²) in [5, 5.41) is 15.0. The van der Waals surface area contributed by atoms with Gasteiger partial charge in [-0.25, -0.2) is 0 Å². The third-order valence-electron chi connectivity index (χ3n) is 5.07. The van der Waals surface area contributed by atoms with Gasteiger partial charge in [-0.3, -0.25) is 9.59 Å². The van der Waals surface area contributed by atoms with E-state index < -0.39 is 0 Å². The molecule has 0 fully saturated rings. The molecule has 3 rings (SSSR count). The van der Waals surface area contributed by atoms with Crippen LogP contribution in [0.3, 0.4) is 0 Å². The number of nitrogens with zero attached hydrogens (tertiary/aromatic N) is 3. The highest BCUT2D eigenvalue weighted by atomic mass is 32.2. The van der Waals surface area contributed by atoms with Crippen LogP contribution in [0.15, 0.2) is 47.6 Å². The van der Waals surface area contributed by atoms with Gasteiger partial charge in [0, 0.05) is 12.1 Å². The zero-order valence-corrected chi connectivity index (χ0v) is 20.3. The first-order valence-corrected chi connectivity index (χ1v) is 11.7. The molecule has 1 atom stereocenters. The highest BCUT2D eigenvalue weighted by Crippen LogP contribution is 2.26. The minimum Gasteiger partial charge on any atom is -0.495 e. The van der Waals surface area contributed by atoms with Crippen LogP contribution in [0.4, 0.5) is 5.69 Å². The molecule has 1 heterocycles. The van der Waals surface area contributed by atoms with Crippen molar-refractivity contribution in [2.75, 3.05) is 18.2 Å². The number of benzene rings is 2. The lowest BCUT2D eigenvalue weighted by atomic mass is 10.1. The van der Waals surface area contributed by atoms with Gasteiger partial charge in [-0.05, 0) is 57.5 Å². The van der Waals surface area contributed by atoms with Crippen molar-refractivity contribution in [1.29, 1.82) is 0 Å². The molecular formula is C24H29N5O3S. The lowest BCUT2D eigenvalue weighted by Crippen LogP contribution is -2.28. The first kappa shape index (κ1) is 24.3. The Balaban J connectivity index is 1.64. The smallest absolute Gasteiger partial charge is 0.251 e. The van der Waals surface area contributed by atoms with E-state index in [0.717, 1.165) is 11.1 Å². The molecule has 0 aliphatic carbocycles. The Labute approximate surface area is 198 Å². The van der Waals surface area contributed by atoms with Crippen molar-refractivity contribution in [3.05, 3.63) is 65.0 Å². The van der Waals surface area contributed by atoms with Crippen LogP contribution in [-0.2, 0) is 11.3 Å². The third kappa shape index (κ3) is 6.13. The fourth-order valence-electron chi connectivity index (χ4n) is 3.31. The topological polar surface area (TPSA) is 98.1 Å². The predicted molar refractivity (Wildman–Crippen MR) is 130 cm³/mol. The number of methoxy groups -OCH3 is 1. The average molecular weight is 468 g/mol. The summed E-state index contributed by atoms with van der Waals surface area (Å²) in [6.45, 7) is 8.39. The summed E-state index contributed by atoms with van der Waals surface area (Å²) < 4.78 is 7.23. The van der Waals surface area contributed by atoms with E-state index in [1.54, 1.807) is 19.2 Å². The van der Waals surface area contributed by atoms with Crippen molar-refractivity contribution in [2.45, 2.75) is 45.4 Å². The molecule has 1 unspecified atom stereocenters.